The van der Waals surface area contributed by atoms with Crippen LogP contribution in [0.4, 0.5) is 0 Å². The van der Waals surface area contributed by atoms with Crippen molar-refractivity contribution in [3.8, 4) is 11.5 Å². The molecule has 196 valence electrons. The van der Waals surface area contributed by atoms with Gasteiger partial charge in [-0.05, 0) is 70.7 Å². The fourth-order valence-electron chi connectivity index (χ4n) is 4.85. The molecule has 0 spiro atoms. The quantitative estimate of drug-likeness (QED) is 0.325. The third-order valence-corrected chi connectivity index (χ3v) is 6.61. The SMILES string of the molecule is CC(O)CC(C)c1cccc(CN(C)CCN(C)Cc2cccc(C(C)CC(C)(C)O)c2O)c1O. The molecule has 0 aromatic heterocycles. The minimum Gasteiger partial charge on any atom is -0.507 e. The molecule has 6 heteroatoms. The van der Waals surface area contributed by atoms with E-state index in [4.69, 9.17) is 0 Å². The lowest BCUT2D eigenvalue weighted by molar-refractivity contribution is 0.0645. The molecule has 0 aliphatic heterocycles. The number of benzene rings is 2. The summed E-state index contributed by atoms with van der Waals surface area (Å²) in [5.74, 6) is 0.777. The average molecular weight is 487 g/mol. The molecule has 2 aromatic carbocycles. The zero-order valence-electron chi connectivity index (χ0n) is 22.6. The van der Waals surface area contributed by atoms with Crippen molar-refractivity contribution in [1.82, 2.24) is 9.80 Å². The van der Waals surface area contributed by atoms with Crippen molar-refractivity contribution in [3.63, 3.8) is 0 Å². The van der Waals surface area contributed by atoms with Crippen LogP contribution in [0.2, 0.25) is 0 Å². The molecule has 0 aliphatic rings. The van der Waals surface area contributed by atoms with Gasteiger partial charge in [-0.2, -0.15) is 0 Å². The normalized spacial score (nSPS) is 14.9. The fourth-order valence-corrected chi connectivity index (χ4v) is 4.85. The van der Waals surface area contributed by atoms with E-state index in [9.17, 15) is 20.4 Å². The minimum atomic E-state index is -0.785. The van der Waals surface area contributed by atoms with Gasteiger partial charge in [0.1, 0.15) is 11.5 Å². The van der Waals surface area contributed by atoms with E-state index >= 15 is 0 Å². The molecule has 0 aliphatic carbocycles. The number of nitrogens with zero attached hydrogens (tertiary/aromatic N) is 2. The Bertz CT molecular complexity index is 939. The second kappa shape index (κ2) is 12.7. The van der Waals surface area contributed by atoms with Gasteiger partial charge in [0.05, 0.1) is 11.7 Å². The average Bonchev–Trinajstić information content (AvgIpc) is 2.73. The molecule has 4 N–H and O–H groups in total. The largest absolute Gasteiger partial charge is 0.507 e. The van der Waals surface area contributed by atoms with Crippen LogP contribution >= 0.6 is 0 Å². The second-order valence-corrected chi connectivity index (χ2v) is 11.1. The van der Waals surface area contributed by atoms with Crippen molar-refractivity contribution in [3.05, 3.63) is 58.7 Å². The lowest BCUT2D eigenvalue weighted by Crippen LogP contribution is -2.30. The van der Waals surface area contributed by atoms with Gasteiger partial charge >= 0.3 is 0 Å². The molecule has 2 rings (SSSR count). The number of para-hydroxylation sites is 2. The first kappa shape index (κ1) is 29.1. The van der Waals surface area contributed by atoms with E-state index in [0.29, 0.717) is 37.4 Å². The number of hydrogen-bond donors (Lipinski definition) is 4. The minimum absolute atomic E-state index is 0.0538. The van der Waals surface area contributed by atoms with E-state index in [1.807, 2.05) is 64.3 Å². The Labute approximate surface area is 211 Å². The van der Waals surface area contributed by atoms with Crippen molar-refractivity contribution in [2.45, 2.75) is 84.1 Å². The van der Waals surface area contributed by atoms with Gasteiger partial charge in [-0.15, -0.1) is 0 Å². The van der Waals surface area contributed by atoms with Gasteiger partial charge in [-0.3, -0.25) is 0 Å². The molecular formula is C29H46N2O4. The molecule has 6 nitrogen and oxygen atoms in total. The van der Waals surface area contributed by atoms with E-state index in [2.05, 4.69) is 9.80 Å². The highest BCUT2D eigenvalue weighted by Crippen LogP contribution is 2.34. The molecule has 0 radical (unpaired) electrons. The molecule has 0 amide bonds. The Kier molecular flexibility index (Phi) is 10.6. The fraction of sp³-hybridized carbons (Fsp3) is 0.586. The maximum Gasteiger partial charge on any atom is 0.123 e. The van der Waals surface area contributed by atoms with Gasteiger partial charge < -0.3 is 30.2 Å². The van der Waals surface area contributed by atoms with E-state index in [1.165, 1.54) is 0 Å². The maximum atomic E-state index is 10.9. The maximum absolute atomic E-state index is 10.9. The van der Waals surface area contributed by atoms with Gasteiger partial charge in [-0.25, -0.2) is 0 Å². The highest BCUT2D eigenvalue weighted by Gasteiger charge is 2.22. The summed E-state index contributed by atoms with van der Waals surface area (Å²) in [7, 11) is 4.08. The van der Waals surface area contributed by atoms with Crippen molar-refractivity contribution in [1.29, 1.82) is 0 Å². The predicted octanol–water partition coefficient (Wildman–Crippen LogP) is 4.80. The Morgan fingerprint density at radius 3 is 1.60 bits per heavy atom. The van der Waals surface area contributed by atoms with Crippen molar-refractivity contribution in [2.24, 2.45) is 0 Å². The van der Waals surface area contributed by atoms with Crippen molar-refractivity contribution < 1.29 is 20.4 Å². The van der Waals surface area contributed by atoms with Crippen LogP contribution in [-0.2, 0) is 13.1 Å². The Balaban J connectivity index is 1.96. The highest BCUT2D eigenvalue weighted by molar-refractivity contribution is 5.43. The van der Waals surface area contributed by atoms with Crippen LogP contribution in [0.25, 0.3) is 0 Å². The van der Waals surface area contributed by atoms with E-state index in [1.54, 1.807) is 20.8 Å². The summed E-state index contributed by atoms with van der Waals surface area (Å²) in [4.78, 5) is 4.35. The first-order valence-electron chi connectivity index (χ1n) is 12.7. The highest BCUT2D eigenvalue weighted by atomic mass is 16.3. The zero-order valence-corrected chi connectivity index (χ0v) is 22.6. The first-order valence-corrected chi connectivity index (χ1v) is 12.7. The predicted molar refractivity (Wildman–Crippen MR) is 143 cm³/mol. The van der Waals surface area contributed by atoms with Crippen LogP contribution < -0.4 is 0 Å². The van der Waals surface area contributed by atoms with E-state index in [-0.39, 0.29) is 11.8 Å². The smallest absolute Gasteiger partial charge is 0.123 e. The molecule has 0 saturated heterocycles. The van der Waals surface area contributed by atoms with Crippen LogP contribution in [0.5, 0.6) is 11.5 Å². The summed E-state index contributed by atoms with van der Waals surface area (Å²) >= 11 is 0. The summed E-state index contributed by atoms with van der Waals surface area (Å²) in [5.41, 5.74) is 2.73. The molecule has 3 atom stereocenters. The first-order chi connectivity index (χ1) is 16.3. The standard InChI is InChI=1S/C29H46N2O4/c1-20(16-22(3)32)25-12-8-10-23(27(25)33)18-30(6)14-15-31(7)19-24-11-9-13-26(28(24)34)21(2)17-29(4,5)35/h8-13,20-22,32-35H,14-19H2,1-7H3. The Morgan fingerprint density at radius 2 is 1.20 bits per heavy atom. The number of likely N-dealkylation sites (N-methyl/N-ethyl adjacent to an activating group) is 2. The third kappa shape index (κ3) is 9.12. The molecule has 0 heterocycles. The number of phenols is 2. The van der Waals surface area contributed by atoms with Crippen LogP contribution in [0.1, 0.15) is 81.5 Å². The van der Waals surface area contributed by atoms with Gasteiger partial charge in [0.25, 0.3) is 0 Å². The summed E-state index contributed by atoms with van der Waals surface area (Å²) in [6.07, 6.45) is 0.787. The lowest BCUT2D eigenvalue weighted by Gasteiger charge is -2.25. The summed E-state index contributed by atoms with van der Waals surface area (Å²) in [6.45, 7) is 12.3. The molecular weight excluding hydrogens is 440 g/mol. The number of hydrogen-bond acceptors (Lipinski definition) is 6. The third-order valence-electron chi connectivity index (χ3n) is 6.61. The lowest BCUT2D eigenvalue weighted by atomic mass is 9.88. The van der Waals surface area contributed by atoms with Gasteiger partial charge in [-0.1, -0.05) is 50.2 Å². The van der Waals surface area contributed by atoms with Crippen LogP contribution in [0.3, 0.4) is 0 Å². The van der Waals surface area contributed by atoms with Crippen LogP contribution in [-0.4, -0.2) is 69.1 Å². The molecule has 0 saturated carbocycles. The Morgan fingerprint density at radius 1 is 0.771 bits per heavy atom. The van der Waals surface area contributed by atoms with E-state index < -0.39 is 11.7 Å². The summed E-state index contributed by atoms with van der Waals surface area (Å²) < 4.78 is 0. The van der Waals surface area contributed by atoms with Crippen LogP contribution in [0.15, 0.2) is 36.4 Å². The molecule has 0 fully saturated rings. The molecule has 3 unspecified atom stereocenters. The number of aromatic hydroxyl groups is 2. The second-order valence-electron chi connectivity index (χ2n) is 11.1. The van der Waals surface area contributed by atoms with Gasteiger partial charge in [0.2, 0.25) is 0 Å². The van der Waals surface area contributed by atoms with Gasteiger partial charge in [0, 0.05) is 37.3 Å². The van der Waals surface area contributed by atoms with Crippen molar-refractivity contribution in [2.75, 3.05) is 27.2 Å². The van der Waals surface area contributed by atoms with Crippen molar-refractivity contribution >= 4 is 0 Å². The number of aliphatic hydroxyl groups excluding tert-OH is 1. The monoisotopic (exact) mass is 486 g/mol. The molecule has 2 aromatic rings. The topological polar surface area (TPSA) is 87.4 Å². The number of aliphatic hydroxyl groups is 2. The summed E-state index contributed by atoms with van der Waals surface area (Å²) in [6, 6.07) is 11.7. The Hall–Kier alpha value is -2.12. The number of phenolic OH excluding ortho intramolecular Hbond substituents is 2. The summed E-state index contributed by atoms with van der Waals surface area (Å²) in [5, 5.41) is 41.5. The number of rotatable bonds is 13. The molecule has 0 bridgehead atoms. The van der Waals surface area contributed by atoms with Crippen LogP contribution in [0, 0.1) is 0 Å². The molecule has 35 heavy (non-hydrogen) atoms. The van der Waals surface area contributed by atoms with E-state index in [0.717, 1.165) is 35.3 Å². The zero-order chi connectivity index (χ0) is 26.3. The van der Waals surface area contributed by atoms with Gasteiger partial charge in [0.15, 0.2) is 0 Å².